The molecule has 5 rings (SSSR count). The van der Waals surface area contributed by atoms with Gasteiger partial charge in [-0.05, 0) is 57.3 Å². The Bertz CT molecular complexity index is 950. The van der Waals surface area contributed by atoms with Gasteiger partial charge in [-0.2, -0.15) is 0 Å². The molecular formula is C30H45NO5. The molecule has 0 radical (unpaired) electrons. The average Bonchev–Trinajstić information content (AvgIpc) is 3.23. The SMILES string of the molecule is CCCCCCCCCCCC(=O)OC12CCC(O)C3Oc4c(OC)ccc5c4C31CCN(C)C2C5. The summed E-state index contributed by atoms with van der Waals surface area (Å²) in [4.78, 5) is 15.7. The molecule has 1 spiro atoms. The van der Waals surface area contributed by atoms with E-state index in [0.717, 1.165) is 43.5 Å². The second-order valence-electron chi connectivity index (χ2n) is 11.6. The predicted octanol–water partition coefficient (Wildman–Crippen LogP) is 5.31. The molecule has 1 N–H and O–H groups in total. The minimum Gasteiger partial charge on any atom is -0.493 e. The first-order valence-corrected chi connectivity index (χ1v) is 14.5. The number of carbonyl (C=O) groups is 1. The van der Waals surface area contributed by atoms with Gasteiger partial charge in [0.1, 0.15) is 11.7 Å². The number of piperidine rings is 1. The molecular weight excluding hydrogens is 454 g/mol. The summed E-state index contributed by atoms with van der Waals surface area (Å²) in [5, 5.41) is 11.1. The number of ether oxygens (including phenoxy) is 3. The van der Waals surface area contributed by atoms with Crippen LogP contribution in [0.15, 0.2) is 12.1 Å². The van der Waals surface area contributed by atoms with Crippen LogP contribution < -0.4 is 9.47 Å². The number of rotatable bonds is 12. The molecule has 0 amide bonds. The maximum Gasteiger partial charge on any atom is 0.306 e. The lowest BCUT2D eigenvalue weighted by Gasteiger charge is -2.64. The molecule has 4 aliphatic rings. The van der Waals surface area contributed by atoms with Gasteiger partial charge in [-0.15, -0.1) is 0 Å². The summed E-state index contributed by atoms with van der Waals surface area (Å²) in [6.07, 6.45) is 13.4. The van der Waals surface area contributed by atoms with E-state index in [9.17, 15) is 9.90 Å². The number of aliphatic hydroxyl groups is 1. The lowest BCUT2D eigenvalue weighted by molar-refractivity contribution is -0.228. The standard InChI is InChI=1S/C30H45NO5/c1-4-5-6-7-8-9-10-11-12-13-25(33)36-30-17-16-22(32)28-29(30)18-19-31(2)24(30)20-21-14-15-23(34-3)27(35-28)26(21)29/h14-15,22,24,28,32H,4-13,16-20H2,1-3H3. The van der Waals surface area contributed by atoms with Gasteiger partial charge in [-0.3, -0.25) is 9.69 Å². The van der Waals surface area contributed by atoms with Crippen LogP contribution >= 0.6 is 0 Å². The molecule has 2 bridgehead atoms. The van der Waals surface area contributed by atoms with Gasteiger partial charge in [0.2, 0.25) is 0 Å². The van der Waals surface area contributed by atoms with Gasteiger partial charge in [0.25, 0.3) is 0 Å². The summed E-state index contributed by atoms with van der Waals surface area (Å²) < 4.78 is 18.9. The van der Waals surface area contributed by atoms with E-state index in [1.54, 1.807) is 7.11 Å². The monoisotopic (exact) mass is 499 g/mol. The van der Waals surface area contributed by atoms with Crippen molar-refractivity contribution >= 4 is 5.97 Å². The van der Waals surface area contributed by atoms with Gasteiger partial charge in [0.15, 0.2) is 11.5 Å². The van der Waals surface area contributed by atoms with Crippen molar-refractivity contribution in [2.24, 2.45) is 0 Å². The molecule has 5 unspecified atom stereocenters. The summed E-state index contributed by atoms with van der Waals surface area (Å²) in [6.45, 7) is 3.14. The summed E-state index contributed by atoms with van der Waals surface area (Å²) in [7, 11) is 3.81. The largest absolute Gasteiger partial charge is 0.493 e. The molecule has 1 aromatic carbocycles. The highest BCUT2D eigenvalue weighted by Gasteiger charge is 2.75. The van der Waals surface area contributed by atoms with Crippen LogP contribution in [0.25, 0.3) is 0 Å². The number of hydrogen-bond acceptors (Lipinski definition) is 6. The zero-order chi connectivity index (χ0) is 25.3. The highest BCUT2D eigenvalue weighted by molar-refractivity contribution is 5.72. The van der Waals surface area contributed by atoms with Crippen LogP contribution in [0.1, 0.15) is 102 Å². The Kier molecular flexibility index (Phi) is 7.56. The average molecular weight is 500 g/mol. The van der Waals surface area contributed by atoms with E-state index in [4.69, 9.17) is 14.2 Å². The van der Waals surface area contributed by atoms with Crippen LogP contribution in [0.4, 0.5) is 0 Å². The minimum absolute atomic E-state index is 0.0868. The zero-order valence-electron chi connectivity index (χ0n) is 22.5. The Labute approximate surface area is 216 Å². The summed E-state index contributed by atoms with van der Waals surface area (Å²) in [5.74, 6) is 1.37. The van der Waals surface area contributed by atoms with Gasteiger partial charge >= 0.3 is 5.97 Å². The number of hydrogen-bond donors (Lipinski definition) is 1. The smallest absolute Gasteiger partial charge is 0.306 e. The fourth-order valence-corrected chi connectivity index (χ4v) is 7.89. The summed E-state index contributed by atoms with van der Waals surface area (Å²) >= 11 is 0. The van der Waals surface area contributed by atoms with E-state index in [1.807, 2.05) is 6.07 Å². The van der Waals surface area contributed by atoms with E-state index in [-0.39, 0.29) is 12.0 Å². The third kappa shape index (κ3) is 4.03. The fourth-order valence-electron chi connectivity index (χ4n) is 7.89. The van der Waals surface area contributed by atoms with Gasteiger partial charge in [0.05, 0.1) is 24.7 Å². The minimum atomic E-state index is -0.676. The Morgan fingerprint density at radius 2 is 1.83 bits per heavy atom. The number of esters is 1. The van der Waals surface area contributed by atoms with E-state index in [2.05, 4.69) is 24.9 Å². The molecule has 200 valence electrons. The van der Waals surface area contributed by atoms with Crippen LogP contribution in [0.5, 0.6) is 11.5 Å². The van der Waals surface area contributed by atoms with Gasteiger partial charge in [0, 0.05) is 12.0 Å². The number of nitrogens with zero attached hydrogens (tertiary/aromatic N) is 1. The molecule has 6 nitrogen and oxygen atoms in total. The number of benzene rings is 1. The van der Waals surface area contributed by atoms with E-state index < -0.39 is 23.2 Å². The summed E-state index contributed by atoms with van der Waals surface area (Å²) in [5.41, 5.74) is 1.17. The second-order valence-corrected chi connectivity index (χ2v) is 11.6. The van der Waals surface area contributed by atoms with Gasteiger partial charge < -0.3 is 19.3 Å². The van der Waals surface area contributed by atoms with E-state index in [1.165, 1.54) is 50.5 Å². The molecule has 1 saturated carbocycles. The van der Waals surface area contributed by atoms with E-state index >= 15 is 0 Å². The molecule has 36 heavy (non-hydrogen) atoms. The van der Waals surface area contributed by atoms with Crippen molar-refractivity contribution in [1.29, 1.82) is 0 Å². The molecule has 2 aliphatic carbocycles. The Balaban J connectivity index is 1.33. The molecule has 0 aromatic heterocycles. The maximum absolute atomic E-state index is 13.4. The van der Waals surface area contributed by atoms with Crippen LogP contribution in [-0.2, 0) is 21.4 Å². The van der Waals surface area contributed by atoms with Crippen LogP contribution in [0.3, 0.4) is 0 Å². The molecule has 2 heterocycles. The molecule has 1 aromatic rings. The van der Waals surface area contributed by atoms with Gasteiger partial charge in [-0.1, -0.05) is 64.4 Å². The van der Waals surface area contributed by atoms with Crippen molar-refractivity contribution < 1.29 is 24.1 Å². The topological polar surface area (TPSA) is 68.2 Å². The number of unbranched alkanes of at least 4 members (excludes halogenated alkanes) is 8. The normalized spacial score (nSPS) is 32.1. The van der Waals surface area contributed by atoms with E-state index in [0.29, 0.717) is 25.0 Å². The number of likely N-dealkylation sites (N-methyl/N-ethyl adjacent to an activating group) is 1. The van der Waals surface area contributed by atoms with Crippen molar-refractivity contribution in [2.45, 2.75) is 126 Å². The Morgan fingerprint density at radius 1 is 1.11 bits per heavy atom. The van der Waals surface area contributed by atoms with Crippen molar-refractivity contribution in [1.82, 2.24) is 4.90 Å². The van der Waals surface area contributed by atoms with Crippen LogP contribution in [0, 0.1) is 0 Å². The van der Waals surface area contributed by atoms with Crippen molar-refractivity contribution in [3.05, 3.63) is 23.3 Å². The van der Waals surface area contributed by atoms with Crippen molar-refractivity contribution in [3.63, 3.8) is 0 Å². The van der Waals surface area contributed by atoms with Crippen LogP contribution in [0.2, 0.25) is 0 Å². The van der Waals surface area contributed by atoms with Crippen molar-refractivity contribution in [2.75, 3.05) is 20.7 Å². The second kappa shape index (κ2) is 10.5. The fraction of sp³-hybridized carbons (Fsp3) is 0.767. The first-order chi connectivity index (χ1) is 17.5. The number of likely N-dealkylation sites (tertiary alicyclic amines) is 1. The third-order valence-electron chi connectivity index (χ3n) is 9.64. The number of aliphatic hydroxyl groups excluding tert-OH is 1. The maximum atomic E-state index is 13.4. The number of carbonyl (C=O) groups excluding carboxylic acids is 1. The van der Waals surface area contributed by atoms with Crippen molar-refractivity contribution in [3.8, 4) is 11.5 Å². The number of methoxy groups -OCH3 is 1. The Morgan fingerprint density at radius 3 is 2.56 bits per heavy atom. The Hall–Kier alpha value is -1.79. The van der Waals surface area contributed by atoms with Crippen LogP contribution in [-0.4, -0.2) is 60.5 Å². The molecule has 2 aliphatic heterocycles. The van der Waals surface area contributed by atoms with Gasteiger partial charge in [-0.25, -0.2) is 0 Å². The lowest BCUT2D eigenvalue weighted by Crippen LogP contribution is -2.77. The highest BCUT2D eigenvalue weighted by Crippen LogP contribution is 2.66. The first kappa shape index (κ1) is 25.8. The third-order valence-corrected chi connectivity index (χ3v) is 9.64. The first-order valence-electron chi connectivity index (χ1n) is 14.5. The summed E-state index contributed by atoms with van der Waals surface area (Å²) in [6, 6.07) is 4.21. The molecule has 5 atom stereocenters. The quantitative estimate of drug-likeness (QED) is 0.310. The lowest BCUT2D eigenvalue weighted by atomic mass is 9.48. The highest BCUT2D eigenvalue weighted by atomic mass is 16.6. The molecule has 2 fully saturated rings. The molecule has 1 saturated heterocycles. The predicted molar refractivity (Wildman–Crippen MR) is 140 cm³/mol. The zero-order valence-corrected chi connectivity index (χ0v) is 22.5. The molecule has 6 heteroatoms.